The van der Waals surface area contributed by atoms with E-state index in [0.29, 0.717) is 12.2 Å². The molecule has 1 aromatic carbocycles. The van der Waals surface area contributed by atoms with E-state index >= 15 is 0 Å². The Balaban J connectivity index is 1.95. The van der Waals surface area contributed by atoms with Crippen molar-refractivity contribution in [2.75, 3.05) is 13.2 Å². The van der Waals surface area contributed by atoms with Gasteiger partial charge in [0, 0.05) is 23.7 Å². The summed E-state index contributed by atoms with van der Waals surface area (Å²) in [6.45, 7) is 6.16. The molecule has 1 aliphatic heterocycles. The maximum absolute atomic E-state index is 14.5. The summed E-state index contributed by atoms with van der Waals surface area (Å²) in [6.07, 6.45) is 0.961. The number of hydrogen-bond donors (Lipinski definition) is 1. The van der Waals surface area contributed by atoms with Crippen molar-refractivity contribution in [1.82, 2.24) is 4.90 Å². The van der Waals surface area contributed by atoms with E-state index in [1.807, 2.05) is 0 Å². The SMILES string of the molecule is C=C1C(C(=O)OCC)C(O)CCN1C(C(=O)C1CC1)c1ccccc1F. The van der Waals surface area contributed by atoms with E-state index in [4.69, 9.17) is 4.74 Å². The molecule has 3 atom stereocenters. The maximum Gasteiger partial charge on any atom is 0.317 e. The van der Waals surface area contributed by atoms with Gasteiger partial charge in [0.05, 0.1) is 12.7 Å². The fraction of sp³-hybridized carbons (Fsp3) is 0.500. The zero-order chi connectivity index (χ0) is 18.8. The van der Waals surface area contributed by atoms with Crippen LogP contribution in [0, 0.1) is 17.7 Å². The van der Waals surface area contributed by atoms with Gasteiger partial charge >= 0.3 is 5.97 Å². The van der Waals surface area contributed by atoms with Crippen molar-refractivity contribution in [3.05, 3.63) is 47.9 Å². The van der Waals surface area contributed by atoms with Crippen molar-refractivity contribution in [3.63, 3.8) is 0 Å². The largest absolute Gasteiger partial charge is 0.465 e. The number of halogens is 1. The highest BCUT2D eigenvalue weighted by Gasteiger charge is 2.45. The Kier molecular flexibility index (Phi) is 5.41. The third-order valence-corrected chi connectivity index (χ3v) is 5.08. The Morgan fingerprint density at radius 1 is 1.35 bits per heavy atom. The number of aliphatic hydroxyl groups is 1. The predicted molar refractivity (Wildman–Crippen MR) is 93.5 cm³/mol. The summed E-state index contributed by atoms with van der Waals surface area (Å²) >= 11 is 0. The molecule has 140 valence electrons. The highest BCUT2D eigenvalue weighted by molar-refractivity contribution is 5.90. The number of aliphatic hydroxyl groups excluding tert-OH is 1. The zero-order valence-electron chi connectivity index (χ0n) is 14.9. The summed E-state index contributed by atoms with van der Waals surface area (Å²) < 4.78 is 19.5. The second kappa shape index (κ2) is 7.58. The predicted octanol–water partition coefficient (Wildman–Crippen LogP) is 2.61. The van der Waals surface area contributed by atoms with Crippen LogP contribution < -0.4 is 0 Å². The molecule has 0 spiro atoms. The average molecular weight is 361 g/mol. The molecule has 1 N–H and O–H groups in total. The van der Waals surface area contributed by atoms with Gasteiger partial charge in [-0.05, 0) is 32.3 Å². The van der Waals surface area contributed by atoms with E-state index in [1.54, 1.807) is 30.0 Å². The first-order chi connectivity index (χ1) is 12.5. The van der Waals surface area contributed by atoms with Gasteiger partial charge in [-0.15, -0.1) is 0 Å². The molecule has 1 heterocycles. The van der Waals surface area contributed by atoms with Crippen LogP contribution in [0.15, 0.2) is 36.5 Å². The van der Waals surface area contributed by atoms with E-state index < -0.39 is 29.9 Å². The van der Waals surface area contributed by atoms with Crippen LogP contribution in [0.3, 0.4) is 0 Å². The van der Waals surface area contributed by atoms with Crippen LogP contribution in [0.2, 0.25) is 0 Å². The number of carbonyl (C=O) groups is 2. The average Bonchev–Trinajstić information content (AvgIpc) is 3.44. The molecule has 1 saturated carbocycles. The van der Waals surface area contributed by atoms with Crippen LogP contribution in [0.5, 0.6) is 0 Å². The Hall–Kier alpha value is -2.21. The van der Waals surface area contributed by atoms with Gasteiger partial charge in [-0.2, -0.15) is 0 Å². The number of ether oxygens (including phenoxy) is 1. The molecule has 5 nitrogen and oxygen atoms in total. The number of benzene rings is 1. The Morgan fingerprint density at radius 2 is 2.04 bits per heavy atom. The third-order valence-electron chi connectivity index (χ3n) is 5.08. The Labute approximate surface area is 152 Å². The smallest absolute Gasteiger partial charge is 0.317 e. The number of hydrogen-bond acceptors (Lipinski definition) is 5. The first-order valence-corrected chi connectivity index (χ1v) is 9.04. The molecule has 3 rings (SSSR count). The summed E-state index contributed by atoms with van der Waals surface area (Å²) in [6, 6.07) is 5.36. The summed E-state index contributed by atoms with van der Waals surface area (Å²) in [5.74, 6) is -2.11. The molecule has 3 unspecified atom stereocenters. The third kappa shape index (κ3) is 3.51. The first kappa shape index (κ1) is 18.6. The van der Waals surface area contributed by atoms with Gasteiger partial charge < -0.3 is 14.7 Å². The van der Waals surface area contributed by atoms with Crippen LogP contribution in [-0.2, 0) is 14.3 Å². The molecule has 26 heavy (non-hydrogen) atoms. The quantitative estimate of drug-likeness (QED) is 0.789. The number of ketones is 1. The lowest BCUT2D eigenvalue weighted by Gasteiger charge is -2.42. The molecule has 2 fully saturated rings. The molecule has 1 saturated heterocycles. The molecule has 0 bridgehead atoms. The second-order valence-electron chi connectivity index (χ2n) is 6.87. The molecule has 0 aromatic heterocycles. The molecule has 0 amide bonds. The monoisotopic (exact) mass is 361 g/mol. The van der Waals surface area contributed by atoms with E-state index in [-0.39, 0.29) is 30.3 Å². The zero-order valence-corrected chi connectivity index (χ0v) is 14.9. The molecule has 1 aliphatic carbocycles. The van der Waals surface area contributed by atoms with Crippen molar-refractivity contribution < 1.29 is 23.8 Å². The number of piperidine rings is 1. The van der Waals surface area contributed by atoms with Crippen LogP contribution in [-0.4, -0.2) is 41.0 Å². The number of esters is 1. The van der Waals surface area contributed by atoms with E-state index in [9.17, 15) is 19.1 Å². The normalized spacial score (nSPS) is 24.3. The van der Waals surface area contributed by atoms with Gasteiger partial charge in [-0.1, -0.05) is 24.8 Å². The molecule has 6 heteroatoms. The van der Waals surface area contributed by atoms with E-state index in [2.05, 4.69) is 6.58 Å². The molecule has 1 aromatic rings. The van der Waals surface area contributed by atoms with Gasteiger partial charge in [0.1, 0.15) is 17.8 Å². The number of carbonyl (C=O) groups excluding carboxylic acids is 2. The number of rotatable bonds is 6. The van der Waals surface area contributed by atoms with Crippen LogP contribution >= 0.6 is 0 Å². The van der Waals surface area contributed by atoms with Crippen molar-refractivity contribution in [3.8, 4) is 0 Å². The van der Waals surface area contributed by atoms with Gasteiger partial charge in [-0.3, -0.25) is 9.59 Å². The number of nitrogens with zero attached hydrogens (tertiary/aromatic N) is 1. The minimum Gasteiger partial charge on any atom is -0.465 e. The fourth-order valence-electron chi connectivity index (χ4n) is 3.57. The van der Waals surface area contributed by atoms with Gasteiger partial charge in [-0.25, -0.2) is 4.39 Å². The fourth-order valence-corrected chi connectivity index (χ4v) is 3.57. The van der Waals surface area contributed by atoms with Crippen LogP contribution in [0.4, 0.5) is 4.39 Å². The van der Waals surface area contributed by atoms with E-state index in [1.165, 1.54) is 6.07 Å². The van der Waals surface area contributed by atoms with Crippen molar-refractivity contribution in [2.24, 2.45) is 11.8 Å². The van der Waals surface area contributed by atoms with Gasteiger partial charge in [0.25, 0.3) is 0 Å². The van der Waals surface area contributed by atoms with Crippen molar-refractivity contribution in [2.45, 2.75) is 38.3 Å². The van der Waals surface area contributed by atoms with Crippen molar-refractivity contribution in [1.29, 1.82) is 0 Å². The first-order valence-electron chi connectivity index (χ1n) is 9.04. The summed E-state index contributed by atoms with van der Waals surface area (Å²) in [5, 5.41) is 10.3. The summed E-state index contributed by atoms with van der Waals surface area (Å²) in [7, 11) is 0. The van der Waals surface area contributed by atoms with Gasteiger partial charge in [0.2, 0.25) is 0 Å². The standard InChI is InChI=1S/C20H24FNO4/c1-3-26-20(25)17-12(2)22(11-10-16(17)23)18(19(24)13-8-9-13)14-6-4-5-7-15(14)21/h4-7,13,16-18,23H,2-3,8-11H2,1H3. The molecule has 2 aliphatic rings. The van der Waals surface area contributed by atoms with Crippen LogP contribution in [0.25, 0.3) is 0 Å². The van der Waals surface area contributed by atoms with E-state index in [0.717, 1.165) is 12.8 Å². The molecule has 0 radical (unpaired) electrons. The Morgan fingerprint density at radius 3 is 2.65 bits per heavy atom. The lowest BCUT2D eigenvalue weighted by Crippen LogP contribution is -2.48. The minimum absolute atomic E-state index is 0.0600. The highest BCUT2D eigenvalue weighted by atomic mass is 19.1. The van der Waals surface area contributed by atoms with Crippen molar-refractivity contribution >= 4 is 11.8 Å². The summed E-state index contributed by atoms with van der Waals surface area (Å²) in [5.41, 5.74) is 0.592. The van der Waals surface area contributed by atoms with Gasteiger partial charge in [0.15, 0.2) is 5.78 Å². The minimum atomic E-state index is -0.940. The molecular formula is C20H24FNO4. The lowest BCUT2D eigenvalue weighted by molar-refractivity contribution is -0.153. The highest BCUT2D eigenvalue weighted by Crippen LogP contribution is 2.41. The second-order valence-corrected chi connectivity index (χ2v) is 6.87. The molecular weight excluding hydrogens is 337 g/mol. The Bertz CT molecular complexity index is 716. The number of likely N-dealkylation sites (tertiary alicyclic amines) is 1. The topological polar surface area (TPSA) is 66.8 Å². The summed E-state index contributed by atoms with van der Waals surface area (Å²) in [4.78, 5) is 26.9. The number of Topliss-reactive ketones (excluding diaryl/α,β-unsaturated/α-hetero) is 1. The van der Waals surface area contributed by atoms with Crippen LogP contribution in [0.1, 0.15) is 37.8 Å². The maximum atomic E-state index is 14.5. The lowest BCUT2D eigenvalue weighted by atomic mass is 9.87.